The Morgan fingerprint density at radius 2 is 2.06 bits per heavy atom. The van der Waals surface area contributed by atoms with Gasteiger partial charge in [-0.2, -0.15) is 0 Å². The first-order chi connectivity index (χ1) is 7.87. The first-order valence-corrected chi connectivity index (χ1v) is 6.57. The smallest absolute Gasteiger partial charge is 0.407 e. The number of amides is 1. The molecule has 1 rings (SSSR count). The summed E-state index contributed by atoms with van der Waals surface area (Å²) in [6, 6.07) is 0.150. The van der Waals surface area contributed by atoms with Crippen LogP contribution in [0.3, 0.4) is 0 Å². The van der Waals surface area contributed by atoms with Crippen LogP contribution in [-0.4, -0.2) is 30.8 Å². The summed E-state index contributed by atoms with van der Waals surface area (Å²) in [7, 11) is 0. The molecule has 2 N–H and O–H groups in total. The predicted molar refractivity (Wildman–Crippen MR) is 69.0 cm³/mol. The molecule has 1 aliphatic rings. The van der Waals surface area contributed by atoms with Crippen molar-refractivity contribution >= 4 is 6.09 Å². The maximum absolute atomic E-state index is 11.5. The number of carbonyl (C=O) groups is 1. The molecule has 1 atom stereocenters. The molecule has 0 heterocycles. The van der Waals surface area contributed by atoms with Crippen LogP contribution in [0.2, 0.25) is 0 Å². The zero-order valence-corrected chi connectivity index (χ0v) is 11.5. The highest BCUT2D eigenvalue weighted by molar-refractivity contribution is 5.67. The third-order valence-corrected chi connectivity index (χ3v) is 2.65. The lowest BCUT2D eigenvalue weighted by Gasteiger charge is -2.22. The number of ether oxygens (including phenoxy) is 1. The minimum absolute atomic E-state index is 0.150. The molecule has 0 aromatic heterocycles. The molecule has 1 amide bonds. The van der Waals surface area contributed by atoms with Gasteiger partial charge in [0.2, 0.25) is 0 Å². The van der Waals surface area contributed by atoms with Crippen molar-refractivity contribution in [3.05, 3.63) is 0 Å². The van der Waals surface area contributed by atoms with Crippen molar-refractivity contribution in [1.29, 1.82) is 0 Å². The van der Waals surface area contributed by atoms with Crippen molar-refractivity contribution in [2.24, 2.45) is 5.92 Å². The van der Waals surface area contributed by atoms with Crippen LogP contribution < -0.4 is 10.6 Å². The van der Waals surface area contributed by atoms with Gasteiger partial charge in [-0.3, -0.25) is 0 Å². The molecule has 1 fully saturated rings. The van der Waals surface area contributed by atoms with E-state index in [0.29, 0.717) is 0 Å². The standard InChI is InChI=1S/C13H26N2O2/c1-10(7-8-14-9-11-5-6-11)15-12(16)17-13(2,3)4/h10-11,14H,5-9H2,1-4H3,(H,15,16). The van der Waals surface area contributed by atoms with Crippen molar-refractivity contribution in [3.8, 4) is 0 Å². The van der Waals surface area contributed by atoms with Gasteiger partial charge in [-0.15, -0.1) is 0 Å². The summed E-state index contributed by atoms with van der Waals surface area (Å²) in [6.07, 6.45) is 3.36. The number of hydrogen-bond acceptors (Lipinski definition) is 3. The molecule has 0 aromatic carbocycles. The van der Waals surface area contributed by atoms with Crippen molar-refractivity contribution in [1.82, 2.24) is 10.6 Å². The number of carbonyl (C=O) groups excluding carboxylic acids is 1. The number of hydrogen-bond donors (Lipinski definition) is 2. The van der Waals surface area contributed by atoms with E-state index in [2.05, 4.69) is 10.6 Å². The van der Waals surface area contributed by atoms with Crippen molar-refractivity contribution < 1.29 is 9.53 Å². The van der Waals surface area contributed by atoms with Gasteiger partial charge >= 0.3 is 6.09 Å². The van der Waals surface area contributed by atoms with Crippen LogP contribution in [0, 0.1) is 5.92 Å². The molecule has 0 aromatic rings. The Bertz CT molecular complexity index is 244. The fourth-order valence-electron chi connectivity index (χ4n) is 1.53. The highest BCUT2D eigenvalue weighted by Crippen LogP contribution is 2.27. The minimum Gasteiger partial charge on any atom is -0.444 e. The monoisotopic (exact) mass is 242 g/mol. The van der Waals surface area contributed by atoms with Gasteiger partial charge in [0.15, 0.2) is 0 Å². The molecule has 4 nitrogen and oxygen atoms in total. The number of rotatable bonds is 6. The zero-order valence-electron chi connectivity index (χ0n) is 11.5. The Hall–Kier alpha value is -0.770. The summed E-state index contributed by atoms with van der Waals surface area (Å²) in [5.41, 5.74) is -0.423. The van der Waals surface area contributed by atoms with E-state index in [0.717, 1.165) is 25.4 Å². The highest BCUT2D eigenvalue weighted by atomic mass is 16.6. The molecule has 17 heavy (non-hydrogen) atoms. The van der Waals surface area contributed by atoms with Crippen molar-refractivity contribution in [2.45, 2.75) is 58.6 Å². The third kappa shape index (κ3) is 8.02. The fourth-order valence-corrected chi connectivity index (χ4v) is 1.53. The molecule has 1 aliphatic carbocycles. The van der Waals surface area contributed by atoms with Gasteiger partial charge in [0.05, 0.1) is 0 Å². The highest BCUT2D eigenvalue weighted by Gasteiger charge is 2.20. The second-order valence-electron chi connectivity index (χ2n) is 5.98. The van der Waals surface area contributed by atoms with Crippen LogP contribution in [0.4, 0.5) is 4.79 Å². The van der Waals surface area contributed by atoms with E-state index in [4.69, 9.17) is 4.74 Å². The molecule has 0 bridgehead atoms. The lowest BCUT2D eigenvalue weighted by Crippen LogP contribution is -2.39. The number of nitrogens with one attached hydrogen (secondary N) is 2. The lowest BCUT2D eigenvalue weighted by atomic mass is 10.2. The van der Waals surface area contributed by atoms with Crippen LogP contribution in [-0.2, 0) is 4.74 Å². The molecule has 0 saturated heterocycles. The molecular weight excluding hydrogens is 216 g/mol. The summed E-state index contributed by atoms with van der Waals surface area (Å²) < 4.78 is 5.19. The SMILES string of the molecule is CC(CCNCC1CC1)NC(=O)OC(C)(C)C. The zero-order chi connectivity index (χ0) is 12.9. The van der Waals surface area contributed by atoms with Crippen LogP contribution in [0.15, 0.2) is 0 Å². The normalized spacial score (nSPS) is 17.6. The third-order valence-electron chi connectivity index (χ3n) is 2.65. The summed E-state index contributed by atoms with van der Waals surface area (Å²) >= 11 is 0. The van der Waals surface area contributed by atoms with Crippen LogP contribution in [0.25, 0.3) is 0 Å². The van der Waals surface area contributed by atoms with Gasteiger partial charge in [-0.25, -0.2) is 4.79 Å². The van der Waals surface area contributed by atoms with Crippen LogP contribution in [0.1, 0.15) is 47.0 Å². The first-order valence-electron chi connectivity index (χ1n) is 6.57. The van der Waals surface area contributed by atoms with E-state index in [9.17, 15) is 4.79 Å². The Morgan fingerprint density at radius 3 is 2.59 bits per heavy atom. The number of alkyl carbamates (subject to hydrolysis) is 1. The van der Waals surface area contributed by atoms with Crippen LogP contribution >= 0.6 is 0 Å². The van der Waals surface area contributed by atoms with Gasteiger partial charge in [0.1, 0.15) is 5.60 Å². The molecule has 1 unspecified atom stereocenters. The first kappa shape index (κ1) is 14.3. The molecule has 1 saturated carbocycles. The summed E-state index contributed by atoms with van der Waals surface area (Å²) in [6.45, 7) is 9.69. The molecule has 0 radical (unpaired) electrons. The van der Waals surface area contributed by atoms with Gasteiger partial charge in [0, 0.05) is 6.04 Å². The second kappa shape index (κ2) is 6.24. The van der Waals surface area contributed by atoms with Crippen molar-refractivity contribution in [2.75, 3.05) is 13.1 Å². The largest absolute Gasteiger partial charge is 0.444 e. The Labute approximate surface area is 104 Å². The van der Waals surface area contributed by atoms with E-state index >= 15 is 0 Å². The average Bonchev–Trinajstić information content (AvgIpc) is 2.92. The van der Waals surface area contributed by atoms with E-state index in [1.165, 1.54) is 12.8 Å². The molecule has 4 heteroatoms. The van der Waals surface area contributed by atoms with E-state index in [1.54, 1.807) is 0 Å². The van der Waals surface area contributed by atoms with Gasteiger partial charge in [0.25, 0.3) is 0 Å². The van der Waals surface area contributed by atoms with E-state index < -0.39 is 5.60 Å². The molecule has 0 aliphatic heterocycles. The van der Waals surface area contributed by atoms with Gasteiger partial charge < -0.3 is 15.4 Å². The predicted octanol–water partition coefficient (Wildman–Crippen LogP) is 2.29. The maximum Gasteiger partial charge on any atom is 0.407 e. The Morgan fingerprint density at radius 1 is 1.41 bits per heavy atom. The van der Waals surface area contributed by atoms with E-state index in [1.807, 2.05) is 27.7 Å². The molecular formula is C13H26N2O2. The van der Waals surface area contributed by atoms with Gasteiger partial charge in [-0.05, 0) is 66.0 Å². The lowest BCUT2D eigenvalue weighted by molar-refractivity contribution is 0.0506. The summed E-state index contributed by atoms with van der Waals surface area (Å²) in [5, 5.41) is 6.25. The summed E-state index contributed by atoms with van der Waals surface area (Å²) in [4.78, 5) is 11.5. The Kier molecular flexibility index (Phi) is 5.25. The second-order valence-corrected chi connectivity index (χ2v) is 5.98. The average molecular weight is 242 g/mol. The van der Waals surface area contributed by atoms with E-state index in [-0.39, 0.29) is 12.1 Å². The molecule has 100 valence electrons. The fraction of sp³-hybridized carbons (Fsp3) is 0.923. The summed E-state index contributed by atoms with van der Waals surface area (Å²) in [5.74, 6) is 0.907. The topological polar surface area (TPSA) is 50.4 Å². The maximum atomic E-state index is 11.5. The molecule has 0 spiro atoms. The quantitative estimate of drug-likeness (QED) is 0.703. The van der Waals surface area contributed by atoms with Gasteiger partial charge in [-0.1, -0.05) is 0 Å². The van der Waals surface area contributed by atoms with Crippen molar-refractivity contribution in [3.63, 3.8) is 0 Å². The van der Waals surface area contributed by atoms with Crippen LogP contribution in [0.5, 0.6) is 0 Å². The Balaban J connectivity index is 2.02. The minimum atomic E-state index is -0.423.